The van der Waals surface area contributed by atoms with Gasteiger partial charge in [-0.05, 0) is 12.8 Å². The molecule has 0 unspecified atom stereocenters. The van der Waals surface area contributed by atoms with Gasteiger partial charge in [0.15, 0.2) is 0 Å². The molecule has 6 nitrogen and oxygen atoms in total. The molecule has 82 valence electrons. The summed E-state index contributed by atoms with van der Waals surface area (Å²) in [5, 5.41) is 2.90. The molecular weight excluding hydrogens is 194 g/mol. The summed E-state index contributed by atoms with van der Waals surface area (Å²) in [6.45, 7) is 2.02. The molecule has 0 aliphatic carbocycles. The fourth-order valence-corrected chi connectivity index (χ4v) is 1.61. The van der Waals surface area contributed by atoms with Crippen LogP contribution >= 0.6 is 0 Å². The normalized spacial score (nSPS) is 15.5. The maximum Gasteiger partial charge on any atom is 0.322 e. The lowest BCUT2D eigenvalue weighted by atomic mass is 10.4. The van der Waals surface area contributed by atoms with Gasteiger partial charge in [0.25, 0.3) is 0 Å². The predicted octanol–water partition coefficient (Wildman–Crippen LogP) is 0.522. The number of ether oxygens (including phenoxy) is 1. The molecule has 0 saturated carbocycles. The third-order valence-corrected chi connectivity index (χ3v) is 2.40. The van der Waals surface area contributed by atoms with Crippen LogP contribution < -0.4 is 15.0 Å². The van der Waals surface area contributed by atoms with E-state index in [2.05, 4.69) is 25.2 Å². The first kappa shape index (κ1) is 9.95. The molecule has 1 aliphatic rings. The smallest absolute Gasteiger partial charge is 0.322 e. The quantitative estimate of drug-likeness (QED) is 0.783. The zero-order valence-corrected chi connectivity index (χ0v) is 9.03. The Morgan fingerprint density at radius 2 is 1.93 bits per heavy atom. The number of rotatable bonds is 3. The predicted molar refractivity (Wildman–Crippen MR) is 57.4 cm³/mol. The molecule has 1 N–H and O–H groups in total. The summed E-state index contributed by atoms with van der Waals surface area (Å²) >= 11 is 0. The van der Waals surface area contributed by atoms with Gasteiger partial charge >= 0.3 is 6.01 Å². The van der Waals surface area contributed by atoms with Gasteiger partial charge in [0, 0.05) is 20.1 Å². The molecule has 6 heteroatoms. The average Bonchev–Trinajstić information content (AvgIpc) is 2.81. The molecule has 0 amide bonds. The first-order valence-electron chi connectivity index (χ1n) is 5.06. The summed E-state index contributed by atoms with van der Waals surface area (Å²) in [6.07, 6.45) is 2.39. The highest BCUT2D eigenvalue weighted by atomic mass is 16.5. The summed E-state index contributed by atoms with van der Waals surface area (Å²) in [5.41, 5.74) is 0. The van der Waals surface area contributed by atoms with Crippen molar-refractivity contribution < 1.29 is 4.74 Å². The molecule has 1 aliphatic heterocycles. The number of nitrogens with zero attached hydrogens (tertiary/aromatic N) is 4. The standard InChI is InChI=1S/C9H15N5O/c1-10-7-11-8(13-9(12-7)15-2)14-5-3-4-6-14/h3-6H2,1-2H3,(H,10,11,12,13). The second-order valence-electron chi connectivity index (χ2n) is 3.39. The molecule has 15 heavy (non-hydrogen) atoms. The van der Waals surface area contributed by atoms with Gasteiger partial charge in [-0.3, -0.25) is 0 Å². The Balaban J connectivity index is 2.28. The number of nitrogens with one attached hydrogen (secondary N) is 1. The number of methoxy groups -OCH3 is 1. The van der Waals surface area contributed by atoms with Crippen molar-refractivity contribution in [2.45, 2.75) is 12.8 Å². The Bertz CT molecular complexity index is 315. The zero-order chi connectivity index (χ0) is 10.7. The SMILES string of the molecule is CNc1nc(OC)nc(N2CCCC2)n1. The Kier molecular flexibility index (Phi) is 2.84. The number of aromatic nitrogens is 3. The summed E-state index contributed by atoms with van der Waals surface area (Å²) in [6, 6.07) is 0.358. The van der Waals surface area contributed by atoms with E-state index in [1.807, 2.05) is 0 Å². The first-order chi connectivity index (χ1) is 7.33. The van der Waals surface area contributed by atoms with Gasteiger partial charge in [0.05, 0.1) is 7.11 Å². The van der Waals surface area contributed by atoms with E-state index in [4.69, 9.17) is 4.74 Å². The fraction of sp³-hybridized carbons (Fsp3) is 0.667. The number of hydrogen-bond donors (Lipinski definition) is 1. The number of anilines is 2. The van der Waals surface area contributed by atoms with E-state index in [1.54, 1.807) is 14.2 Å². The molecule has 1 fully saturated rings. The molecule has 0 bridgehead atoms. The van der Waals surface area contributed by atoms with Gasteiger partial charge in [-0.1, -0.05) is 0 Å². The van der Waals surface area contributed by atoms with E-state index in [-0.39, 0.29) is 0 Å². The monoisotopic (exact) mass is 209 g/mol. The van der Waals surface area contributed by atoms with Crippen LogP contribution in [0.3, 0.4) is 0 Å². The minimum atomic E-state index is 0.358. The van der Waals surface area contributed by atoms with E-state index < -0.39 is 0 Å². The largest absolute Gasteiger partial charge is 0.467 e. The highest BCUT2D eigenvalue weighted by Gasteiger charge is 2.17. The molecule has 1 saturated heterocycles. The molecule has 2 rings (SSSR count). The zero-order valence-electron chi connectivity index (χ0n) is 9.03. The van der Waals surface area contributed by atoms with Crippen molar-refractivity contribution in [3.05, 3.63) is 0 Å². The molecule has 1 aromatic rings. The van der Waals surface area contributed by atoms with Gasteiger partial charge in [-0.15, -0.1) is 0 Å². The Hall–Kier alpha value is -1.59. The van der Waals surface area contributed by atoms with Crippen molar-refractivity contribution in [1.82, 2.24) is 15.0 Å². The highest BCUT2D eigenvalue weighted by Crippen LogP contribution is 2.18. The van der Waals surface area contributed by atoms with Crippen molar-refractivity contribution in [1.29, 1.82) is 0 Å². The lowest BCUT2D eigenvalue weighted by Crippen LogP contribution is -2.21. The highest BCUT2D eigenvalue weighted by molar-refractivity contribution is 5.38. The van der Waals surface area contributed by atoms with Crippen LogP contribution in [-0.2, 0) is 0 Å². The van der Waals surface area contributed by atoms with Crippen molar-refractivity contribution >= 4 is 11.9 Å². The van der Waals surface area contributed by atoms with E-state index in [1.165, 1.54) is 12.8 Å². The summed E-state index contributed by atoms with van der Waals surface area (Å²) in [7, 11) is 3.34. The molecule has 2 heterocycles. The topological polar surface area (TPSA) is 63.2 Å². The van der Waals surface area contributed by atoms with Gasteiger partial charge in [-0.25, -0.2) is 0 Å². The third kappa shape index (κ3) is 2.08. The third-order valence-electron chi connectivity index (χ3n) is 2.40. The molecule has 0 aromatic carbocycles. The van der Waals surface area contributed by atoms with E-state index in [9.17, 15) is 0 Å². The fourth-order valence-electron chi connectivity index (χ4n) is 1.61. The van der Waals surface area contributed by atoms with Crippen molar-refractivity contribution in [2.75, 3.05) is 37.5 Å². The molecule has 0 spiro atoms. The molecule has 0 atom stereocenters. The van der Waals surface area contributed by atoms with Crippen LogP contribution in [-0.4, -0.2) is 42.2 Å². The Morgan fingerprint density at radius 1 is 1.20 bits per heavy atom. The Labute approximate surface area is 88.7 Å². The van der Waals surface area contributed by atoms with E-state index in [0.717, 1.165) is 13.1 Å². The van der Waals surface area contributed by atoms with Gasteiger partial charge < -0.3 is 15.0 Å². The first-order valence-corrected chi connectivity index (χ1v) is 5.06. The van der Waals surface area contributed by atoms with Crippen LogP contribution in [0, 0.1) is 0 Å². The van der Waals surface area contributed by atoms with Crippen LogP contribution in [0.1, 0.15) is 12.8 Å². The van der Waals surface area contributed by atoms with E-state index >= 15 is 0 Å². The summed E-state index contributed by atoms with van der Waals surface area (Å²) < 4.78 is 5.03. The van der Waals surface area contributed by atoms with Crippen LogP contribution in [0.5, 0.6) is 6.01 Å². The molecular formula is C9H15N5O. The van der Waals surface area contributed by atoms with E-state index in [0.29, 0.717) is 17.9 Å². The lowest BCUT2D eigenvalue weighted by Gasteiger charge is -2.15. The second kappa shape index (κ2) is 4.29. The second-order valence-corrected chi connectivity index (χ2v) is 3.39. The minimum Gasteiger partial charge on any atom is -0.467 e. The summed E-state index contributed by atoms with van der Waals surface area (Å²) in [5.74, 6) is 1.24. The summed E-state index contributed by atoms with van der Waals surface area (Å²) in [4.78, 5) is 14.7. The maximum absolute atomic E-state index is 5.03. The number of hydrogen-bond acceptors (Lipinski definition) is 6. The van der Waals surface area contributed by atoms with Crippen molar-refractivity contribution in [3.63, 3.8) is 0 Å². The van der Waals surface area contributed by atoms with Crippen LogP contribution in [0.25, 0.3) is 0 Å². The van der Waals surface area contributed by atoms with Crippen LogP contribution in [0.2, 0.25) is 0 Å². The van der Waals surface area contributed by atoms with Crippen LogP contribution in [0.4, 0.5) is 11.9 Å². The van der Waals surface area contributed by atoms with Gasteiger partial charge in [-0.2, -0.15) is 15.0 Å². The average molecular weight is 209 g/mol. The molecule has 0 radical (unpaired) electrons. The lowest BCUT2D eigenvalue weighted by molar-refractivity contribution is 0.379. The minimum absolute atomic E-state index is 0.358. The maximum atomic E-state index is 5.03. The van der Waals surface area contributed by atoms with Crippen LogP contribution in [0.15, 0.2) is 0 Å². The van der Waals surface area contributed by atoms with Gasteiger partial charge in [0.2, 0.25) is 11.9 Å². The molecule has 1 aromatic heterocycles. The Morgan fingerprint density at radius 3 is 2.53 bits per heavy atom. The van der Waals surface area contributed by atoms with Crippen molar-refractivity contribution in [3.8, 4) is 6.01 Å². The van der Waals surface area contributed by atoms with Gasteiger partial charge in [0.1, 0.15) is 0 Å². The van der Waals surface area contributed by atoms with Crippen molar-refractivity contribution in [2.24, 2.45) is 0 Å².